The van der Waals surface area contributed by atoms with Gasteiger partial charge >= 0.3 is 5.97 Å². The molecule has 0 spiro atoms. The maximum Gasteiger partial charge on any atom is 0.305 e. The Bertz CT molecular complexity index is 1140. The highest BCUT2D eigenvalue weighted by Crippen LogP contribution is 2.18. The van der Waals surface area contributed by atoms with Crippen molar-refractivity contribution < 1.29 is 24.5 Å². The monoisotopic (exact) mass is 1030 g/mol. The van der Waals surface area contributed by atoms with Gasteiger partial charge in [-0.25, -0.2) is 0 Å². The number of unbranched alkanes of at least 4 members (excludes halogenated alkanes) is 47. The minimum Gasteiger partial charge on any atom is -0.466 e. The summed E-state index contributed by atoms with van der Waals surface area (Å²) < 4.78 is 5.49. The molecule has 0 fully saturated rings. The zero-order valence-electron chi connectivity index (χ0n) is 49.4. The van der Waals surface area contributed by atoms with Crippen molar-refractivity contribution in [3.63, 3.8) is 0 Å². The summed E-state index contributed by atoms with van der Waals surface area (Å²) >= 11 is 0. The van der Waals surface area contributed by atoms with Gasteiger partial charge in [-0.1, -0.05) is 321 Å². The van der Waals surface area contributed by atoms with Gasteiger partial charge in [0.25, 0.3) is 0 Å². The molecule has 2 unspecified atom stereocenters. The molecular formula is C67H129NO5. The summed E-state index contributed by atoms with van der Waals surface area (Å²) in [6.45, 7) is 4.98. The molecule has 73 heavy (non-hydrogen) atoms. The van der Waals surface area contributed by atoms with Gasteiger partial charge < -0.3 is 20.3 Å². The molecule has 0 aliphatic carbocycles. The summed E-state index contributed by atoms with van der Waals surface area (Å²) in [7, 11) is 0. The minimum atomic E-state index is -0.668. The zero-order valence-corrected chi connectivity index (χ0v) is 49.4. The second-order valence-corrected chi connectivity index (χ2v) is 22.8. The van der Waals surface area contributed by atoms with Crippen molar-refractivity contribution in [3.05, 3.63) is 24.3 Å². The highest BCUT2D eigenvalue weighted by molar-refractivity contribution is 5.76. The van der Waals surface area contributed by atoms with Crippen LogP contribution < -0.4 is 5.32 Å². The van der Waals surface area contributed by atoms with E-state index in [0.29, 0.717) is 25.9 Å². The van der Waals surface area contributed by atoms with Crippen LogP contribution in [-0.2, 0) is 14.3 Å². The molecule has 0 aliphatic rings. The van der Waals surface area contributed by atoms with Crippen LogP contribution in [0, 0.1) is 0 Å². The van der Waals surface area contributed by atoms with Crippen LogP contribution in [0.5, 0.6) is 0 Å². The number of carbonyl (C=O) groups is 2. The number of allylic oxidation sites excluding steroid dienone is 4. The van der Waals surface area contributed by atoms with Crippen molar-refractivity contribution in [2.45, 2.75) is 379 Å². The van der Waals surface area contributed by atoms with E-state index in [4.69, 9.17) is 4.74 Å². The van der Waals surface area contributed by atoms with Gasteiger partial charge in [-0.2, -0.15) is 0 Å². The van der Waals surface area contributed by atoms with Crippen molar-refractivity contribution in [1.29, 1.82) is 0 Å². The number of ether oxygens (including phenoxy) is 1. The van der Waals surface area contributed by atoms with Gasteiger partial charge in [0.15, 0.2) is 0 Å². The van der Waals surface area contributed by atoms with Gasteiger partial charge in [0.1, 0.15) is 0 Å². The van der Waals surface area contributed by atoms with Crippen molar-refractivity contribution in [1.82, 2.24) is 5.32 Å². The first kappa shape index (κ1) is 71.3. The van der Waals surface area contributed by atoms with E-state index in [0.717, 1.165) is 44.9 Å². The van der Waals surface area contributed by atoms with E-state index < -0.39 is 12.1 Å². The van der Waals surface area contributed by atoms with Gasteiger partial charge in [0, 0.05) is 12.8 Å². The Morgan fingerprint density at radius 1 is 0.384 bits per heavy atom. The van der Waals surface area contributed by atoms with Crippen LogP contribution in [0.4, 0.5) is 0 Å². The molecular weight excluding hydrogens is 899 g/mol. The molecule has 0 aromatic heterocycles. The Morgan fingerprint density at radius 2 is 0.685 bits per heavy atom. The van der Waals surface area contributed by atoms with E-state index in [9.17, 15) is 19.8 Å². The van der Waals surface area contributed by atoms with Crippen LogP contribution in [0.25, 0.3) is 0 Å². The second-order valence-electron chi connectivity index (χ2n) is 22.8. The Morgan fingerprint density at radius 3 is 1.04 bits per heavy atom. The molecule has 0 heterocycles. The molecule has 0 saturated heterocycles. The van der Waals surface area contributed by atoms with E-state index in [2.05, 4.69) is 43.5 Å². The third kappa shape index (κ3) is 59.4. The summed E-state index contributed by atoms with van der Waals surface area (Å²) in [6, 6.07) is -0.546. The van der Waals surface area contributed by atoms with Gasteiger partial charge in [-0.05, 0) is 57.8 Å². The van der Waals surface area contributed by atoms with Crippen LogP contribution in [0.3, 0.4) is 0 Å². The molecule has 0 aromatic carbocycles. The van der Waals surface area contributed by atoms with Crippen molar-refractivity contribution in [2.24, 2.45) is 0 Å². The van der Waals surface area contributed by atoms with Gasteiger partial charge in [0.05, 0.1) is 25.4 Å². The predicted octanol–water partition coefficient (Wildman–Crippen LogP) is 21.0. The van der Waals surface area contributed by atoms with Gasteiger partial charge in [-0.3, -0.25) is 9.59 Å². The SMILES string of the molecule is CCCCCCCCCCCCCCCCCCC(=O)OCCCCCCCCCCC/C=C\C/C=C\CCCCCCCCCCCC(=O)NC(CO)C(O)CCCCCCCCCCCCCCCCC. The summed E-state index contributed by atoms with van der Waals surface area (Å²) in [5.41, 5.74) is 0. The first-order valence-corrected chi connectivity index (χ1v) is 33.1. The van der Waals surface area contributed by atoms with Gasteiger partial charge in [-0.15, -0.1) is 0 Å². The van der Waals surface area contributed by atoms with Crippen LogP contribution in [0.1, 0.15) is 367 Å². The molecule has 0 bridgehead atoms. The maximum atomic E-state index is 12.5. The third-order valence-electron chi connectivity index (χ3n) is 15.5. The average molecular weight is 1030 g/mol. The fourth-order valence-electron chi connectivity index (χ4n) is 10.4. The summed E-state index contributed by atoms with van der Waals surface area (Å²) in [4.78, 5) is 24.6. The van der Waals surface area contributed by atoms with E-state index in [1.54, 1.807) is 0 Å². The molecule has 6 nitrogen and oxygen atoms in total. The molecule has 0 rings (SSSR count). The van der Waals surface area contributed by atoms with Crippen LogP contribution in [-0.4, -0.2) is 47.4 Å². The Balaban J connectivity index is 3.41. The molecule has 3 N–H and O–H groups in total. The van der Waals surface area contributed by atoms with E-state index in [-0.39, 0.29) is 18.5 Å². The quantitative estimate of drug-likeness (QED) is 0.0320. The molecule has 2 atom stereocenters. The molecule has 0 aliphatic heterocycles. The molecule has 0 radical (unpaired) electrons. The number of aliphatic hydroxyl groups excluding tert-OH is 2. The normalized spacial score (nSPS) is 12.7. The van der Waals surface area contributed by atoms with E-state index >= 15 is 0 Å². The average Bonchev–Trinajstić information content (AvgIpc) is 3.39. The second kappa shape index (κ2) is 62.9. The lowest BCUT2D eigenvalue weighted by Gasteiger charge is -2.22. The number of amides is 1. The van der Waals surface area contributed by atoms with E-state index in [1.807, 2.05) is 0 Å². The lowest BCUT2D eigenvalue weighted by molar-refractivity contribution is -0.143. The third-order valence-corrected chi connectivity index (χ3v) is 15.5. The smallest absolute Gasteiger partial charge is 0.305 e. The van der Waals surface area contributed by atoms with Crippen LogP contribution in [0.15, 0.2) is 24.3 Å². The number of hydrogen-bond acceptors (Lipinski definition) is 5. The minimum absolute atomic E-state index is 0.0130. The fraction of sp³-hybridized carbons (Fsp3) is 0.910. The maximum absolute atomic E-state index is 12.5. The number of hydrogen-bond donors (Lipinski definition) is 3. The summed E-state index contributed by atoms with van der Waals surface area (Å²) in [5, 5.41) is 23.3. The summed E-state index contributed by atoms with van der Waals surface area (Å²) in [5.74, 6) is -0.0258. The van der Waals surface area contributed by atoms with Gasteiger partial charge in [0.2, 0.25) is 5.91 Å². The molecule has 6 heteroatoms. The van der Waals surface area contributed by atoms with Crippen molar-refractivity contribution in [2.75, 3.05) is 13.2 Å². The number of carbonyl (C=O) groups excluding carboxylic acids is 2. The lowest BCUT2D eigenvalue weighted by atomic mass is 10.0. The highest BCUT2D eigenvalue weighted by Gasteiger charge is 2.20. The largest absolute Gasteiger partial charge is 0.466 e. The number of rotatable bonds is 62. The molecule has 0 saturated carbocycles. The topological polar surface area (TPSA) is 95.9 Å². The fourth-order valence-corrected chi connectivity index (χ4v) is 10.4. The molecule has 0 aromatic rings. The van der Waals surface area contributed by atoms with E-state index in [1.165, 1.54) is 289 Å². The Kier molecular flexibility index (Phi) is 61.4. The molecule has 432 valence electrons. The first-order valence-electron chi connectivity index (χ1n) is 33.1. The number of nitrogens with one attached hydrogen (secondary N) is 1. The first-order chi connectivity index (χ1) is 36.0. The molecule has 1 amide bonds. The standard InChI is InChI=1S/C67H129NO5/c1-3-5-7-9-11-13-15-17-19-33-37-41-45-49-53-57-61-67(72)73-62-58-54-50-46-42-38-34-30-28-26-24-22-20-21-23-25-27-29-32-36-40-44-48-52-56-60-66(71)68-64(63-69)65(70)59-55-51-47-43-39-35-31-18-16-14-12-10-8-6-4-2/h21-24,64-65,69-70H,3-20,25-63H2,1-2H3,(H,68,71)/b23-21-,24-22-. The Labute approximate surface area is 456 Å². The highest BCUT2D eigenvalue weighted by atomic mass is 16.5. The predicted molar refractivity (Wildman–Crippen MR) is 320 cm³/mol. The Hall–Kier alpha value is -1.66. The lowest BCUT2D eigenvalue weighted by Crippen LogP contribution is -2.45. The number of aliphatic hydroxyl groups is 2. The van der Waals surface area contributed by atoms with Crippen LogP contribution >= 0.6 is 0 Å². The summed E-state index contributed by atoms with van der Waals surface area (Å²) in [6.07, 6.45) is 77.7. The van der Waals surface area contributed by atoms with Crippen molar-refractivity contribution in [3.8, 4) is 0 Å². The van der Waals surface area contributed by atoms with Crippen LogP contribution in [0.2, 0.25) is 0 Å². The number of esters is 1. The van der Waals surface area contributed by atoms with Crippen molar-refractivity contribution >= 4 is 11.9 Å². The zero-order chi connectivity index (χ0) is 52.9.